The lowest BCUT2D eigenvalue weighted by Gasteiger charge is -2.50. The Kier molecular flexibility index (Phi) is 8.22. The molecule has 41 heavy (non-hydrogen) atoms. The molecular formula is C28H38N4O9. The smallest absolute Gasteiger partial charge is 0.255 e. The number of hydrogen-bond acceptors (Lipinski definition) is 12. The number of ketones is 2. The first-order valence-corrected chi connectivity index (χ1v) is 13.2. The average Bonchev–Trinajstić information content (AvgIpc) is 2.89. The van der Waals surface area contributed by atoms with Crippen molar-refractivity contribution in [2.24, 2.45) is 17.6 Å². The molecular weight excluding hydrogens is 536 g/mol. The predicted molar refractivity (Wildman–Crippen MR) is 148 cm³/mol. The zero-order valence-electron chi connectivity index (χ0n) is 24.0. The van der Waals surface area contributed by atoms with E-state index in [1.54, 1.807) is 20.2 Å². The summed E-state index contributed by atoms with van der Waals surface area (Å²) in [4.78, 5) is 42.7. The number of likely N-dealkylation sites (N-methyl/N-ethyl adjacent to an activating group) is 1. The highest BCUT2D eigenvalue weighted by Crippen LogP contribution is 2.54. The summed E-state index contributed by atoms with van der Waals surface area (Å²) in [7, 11) is 9.75. The number of rotatable bonds is 9. The Balaban J connectivity index is 1.88. The van der Waals surface area contributed by atoms with Gasteiger partial charge in [0.15, 0.2) is 17.7 Å². The number of aliphatic hydroxyl groups is 3. The van der Waals surface area contributed by atoms with Gasteiger partial charge < -0.3 is 45.9 Å². The van der Waals surface area contributed by atoms with Crippen molar-refractivity contribution in [1.82, 2.24) is 10.2 Å². The maximum Gasteiger partial charge on any atom is 0.255 e. The van der Waals surface area contributed by atoms with Crippen molar-refractivity contribution < 1.29 is 44.3 Å². The maximum absolute atomic E-state index is 14.0. The molecule has 7 N–H and O–H groups in total. The monoisotopic (exact) mass is 574 g/mol. The van der Waals surface area contributed by atoms with Crippen LogP contribution in [0.3, 0.4) is 0 Å². The van der Waals surface area contributed by atoms with Crippen LogP contribution in [0.25, 0.3) is 5.76 Å². The Bertz CT molecular complexity index is 1350. The highest BCUT2D eigenvalue weighted by molar-refractivity contribution is 6.24. The number of aliphatic hydroxyl groups excluding tert-OH is 2. The van der Waals surface area contributed by atoms with Crippen molar-refractivity contribution in [2.45, 2.75) is 37.3 Å². The minimum Gasteiger partial charge on any atom is -0.508 e. The number of primary amides is 1. The van der Waals surface area contributed by atoms with Gasteiger partial charge in [-0.05, 0) is 44.5 Å². The summed E-state index contributed by atoms with van der Waals surface area (Å²) in [6.07, 6.45) is -0.288. The Morgan fingerprint density at radius 1 is 1.17 bits per heavy atom. The number of anilines is 1. The largest absolute Gasteiger partial charge is 0.508 e. The number of hydrogen-bond donors (Lipinski definition) is 6. The third kappa shape index (κ3) is 4.67. The van der Waals surface area contributed by atoms with Gasteiger partial charge in [0.1, 0.15) is 22.8 Å². The van der Waals surface area contributed by atoms with Crippen LogP contribution in [-0.2, 0) is 36.8 Å². The highest BCUT2D eigenvalue weighted by Gasteiger charge is 2.64. The number of carbonyl (C=O) groups excluding carboxylic acids is 3. The minimum atomic E-state index is -2.68. The fourth-order valence-electron chi connectivity index (χ4n) is 6.47. The number of phenols is 1. The Labute approximate surface area is 237 Å². The fraction of sp³-hybridized carbons (Fsp3) is 0.536. The molecule has 3 aliphatic carbocycles. The van der Waals surface area contributed by atoms with Crippen LogP contribution in [0, 0.1) is 11.8 Å². The van der Waals surface area contributed by atoms with Gasteiger partial charge in [-0.15, -0.1) is 0 Å². The number of fused-ring (bicyclic) bond motifs is 3. The molecule has 1 amide bonds. The van der Waals surface area contributed by atoms with Crippen molar-refractivity contribution in [3.05, 3.63) is 39.7 Å². The molecule has 0 heterocycles. The first-order valence-electron chi connectivity index (χ1n) is 13.2. The van der Waals surface area contributed by atoms with Gasteiger partial charge in [0.2, 0.25) is 5.78 Å². The highest BCUT2D eigenvalue weighted by atomic mass is 16.7. The molecule has 0 radical (unpaired) electrons. The lowest BCUT2D eigenvalue weighted by atomic mass is 9.57. The van der Waals surface area contributed by atoms with Crippen molar-refractivity contribution in [3.8, 4) is 5.75 Å². The summed E-state index contributed by atoms with van der Waals surface area (Å²) in [6.45, 7) is 0.482. The first kappa shape index (κ1) is 30.5. The molecule has 0 aliphatic heterocycles. The molecule has 0 spiro atoms. The van der Waals surface area contributed by atoms with Crippen LogP contribution < -0.4 is 16.0 Å². The van der Waals surface area contributed by atoms with E-state index in [-0.39, 0.29) is 36.3 Å². The maximum atomic E-state index is 14.0. The van der Waals surface area contributed by atoms with Crippen molar-refractivity contribution >= 4 is 28.9 Å². The Hall–Kier alpha value is -3.49. The average molecular weight is 575 g/mol. The number of amides is 1. The summed E-state index contributed by atoms with van der Waals surface area (Å²) in [6, 6.07) is 0.654. The third-order valence-electron chi connectivity index (χ3n) is 8.41. The Morgan fingerprint density at radius 2 is 1.80 bits per heavy atom. The van der Waals surface area contributed by atoms with E-state index in [0.29, 0.717) is 23.4 Å². The molecule has 3 aliphatic rings. The lowest BCUT2D eigenvalue weighted by molar-refractivity contribution is -0.153. The summed E-state index contributed by atoms with van der Waals surface area (Å²) in [5, 5.41) is 48.8. The third-order valence-corrected chi connectivity index (χ3v) is 8.41. The van der Waals surface area contributed by atoms with Gasteiger partial charge in [-0.25, -0.2) is 0 Å². The standard InChI is InChI=1S/C28H38N4O9/c1-31(2)16-9-13(10-30-11-17(40-5)41-6)22(33)19-14(16)7-12-8-15-21(32(3)4)24(35)20(27(29)38)26(37)28(15,39)25(36)18(12)23(19)34/h9,12,15,17,21,30,33-34,37,39H,7-8,10-11H2,1-6H3,(H2,29,38)/t12-,15-,21-,28-/m0/s1. The van der Waals surface area contributed by atoms with Gasteiger partial charge in [0.05, 0.1) is 11.6 Å². The Morgan fingerprint density at radius 3 is 2.34 bits per heavy atom. The molecule has 224 valence electrons. The molecule has 4 atom stereocenters. The number of nitrogens with one attached hydrogen (secondary N) is 1. The van der Waals surface area contributed by atoms with Crippen LogP contribution in [-0.4, -0.2) is 110 Å². The van der Waals surface area contributed by atoms with Crippen molar-refractivity contribution in [3.63, 3.8) is 0 Å². The second-order valence-electron chi connectivity index (χ2n) is 11.1. The van der Waals surface area contributed by atoms with E-state index in [9.17, 15) is 34.8 Å². The quantitative estimate of drug-likeness (QED) is 0.167. The van der Waals surface area contributed by atoms with Crippen LogP contribution >= 0.6 is 0 Å². The molecule has 4 rings (SSSR count). The lowest BCUT2D eigenvalue weighted by Crippen LogP contribution is -2.65. The van der Waals surface area contributed by atoms with Crippen LogP contribution in [0.15, 0.2) is 23.0 Å². The number of Topliss-reactive ketones (excluding diaryl/α,β-unsaturated/α-hetero) is 2. The van der Waals surface area contributed by atoms with Crippen LogP contribution in [0.5, 0.6) is 5.75 Å². The zero-order chi connectivity index (χ0) is 30.5. The van der Waals surface area contributed by atoms with E-state index in [2.05, 4.69) is 5.32 Å². The number of aromatic hydroxyl groups is 1. The molecule has 0 bridgehead atoms. The number of carbonyl (C=O) groups is 3. The second kappa shape index (κ2) is 11.1. The molecule has 0 unspecified atom stereocenters. The number of nitrogens with zero attached hydrogens (tertiary/aromatic N) is 2. The summed E-state index contributed by atoms with van der Waals surface area (Å²) in [5.74, 6) is -6.79. The predicted octanol–water partition coefficient (Wildman–Crippen LogP) is -0.261. The number of benzene rings is 1. The fourth-order valence-corrected chi connectivity index (χ4v) is 6.47. The molecule has 13 nitrogen and oxygen atoms in total. The van der Waals surface area contributed by atoms with E-state index in [1.807, 2.05) is 19.0 Å². The number of nitrogens with two attached hydrogens (primary N) is 1. The SMILES string of the molecule is COC(CNCc1cc(N(C)C)c2c(c1O)C(O)=C1C(=O)[C@]3(O)C(O)=C(C(N)=O)C(=O)[C@@H](N(C)C)[C@@H]3C[C@@H]1C2)OC. The van der Waals surface area contributed by atoms with Gasteiger partial charge in [0.25, 0.3) is 5.91 Å². The molecule has 1 aromatic rings. The number of phenolic OH excluding ortho intramolecular Hbond substituents is 1. The minimum absolute atomic E-state index is 0.0259. The van der Waals surface area contributed by atoms with E-state index in [0.717, 1.165) is 0 Å². The van der Waals surface area contributed by atoms with E-state index < -0.39 is 64.3 Å². The topological polar surface area (TPSA) is 195 Å². The summed E-state index contributed by atoms with van der Waals surface area (Å²) < 4.78 is 10.4. The van der Waals surface area contributed by atoms with Gasteiger partial charge in [-0.3, -0.25) is 19.3 Å². The van der Waals surface area contributed by atoms with E-state index >= 15 is 0 Å². The second-order valence-corrected chi connectivity index (χ2v) is 11.1. The number of methoxy groups -OCH3 is 2. The van der Waals surface area contributed by atoms with Gasteiger partial charge in [-0.2, -0.15) is 0 Å². The first-order chi connectivity index (χ1) is 19.2. The molecule has 1 fully saturated rings. The number of ether oxygens (including phenoxy) is 2. The van der Waals surface area contributed by atoms with Gasteiger partial charge in [0, 0.05) is 64.1 Å². The molecule has 0 aromatic heterocycles. The zero-order valence-corrected chi connectivity index (χ0v) is 24.0. The molecule has 1 saturated carbocycles. The van der Waals surface area contributed by atoms with Crippen molar-refractivity contribution in [1.29, 1.82) is 0 Å². The molecule has 0 saturated heterocycles. The van der Waals surface area contributed by atoms with Gasteiger partial charge >= 0.3 is 0 Å². The van der Waals surface area contributed by atoms with Crippen LogP contribution in [0.4, 0.5) is 5.69 Å². The molecule has 1 aromatic carbocycles. The molecule has 13 heteroatoms. The van der Waals surface area contributed by atoms with E-state index in [4.69, 9.17) is 15.2 Å². The summed E-state index contributed by atoms with van der Waals surface area (Å²) >= 11 is 0. The van der Waals surface area contributed by atoms with Gasteiger partial charge in [-0.1, -0.05) is 0 Å². The van der Waals surface area contributed by atoms with Crippen LogP contribution in [0.1, 0.15) is 23.1 Å². The normalized spacial score (nSPS) is 25.9. The van der Waals surface area contributed by atoms with E-state index in [1.165, 1.54) is 19.1 Å². The van der Waals surface area contributed by atoms with Crippen LogP contribution in [0.2, 0.25) is 0 Å². The summed E-state index contributed by atoms with van der Waals surface area (Å²) in [5.41, 5.74) is 3.42. The van der Waals surface area contributed by atoms with Crippen molar-refractivity contribution in [2.75, 3.05) is 53.9 Å².